The molecule has 0 aromatic heterocycles. The van der Waals surface area contributed by atoms with Gasteiger partial charge in [0, 0.05) is 43.5 Å². The average molecular weight is 389 g/mol. The molecule has 1 aromatic carbocycles. The maximum absolute atomic E-state index is 12.1. The highest BCUT2D eigenvalue weighted by Gasteiger charge is 2.21. The number of piperidine rings is 1. The first-order chi connectivity index (χ1) is 13.5. The molecule has 2 aliphatic heterocycles. The number of benzene rings is 1. The van der Waals surface area contributed by atoms with Crippen LogP contribution in [0.1, 0.15) is 36.0 Å². The number of anilines is 1. The molecule has 9 nitrogen and oxygen atoms in total. The van der Waals surface area contributed by atoms with Gasteiger partial charge in [-0.25, -0.2) is 0 Å². The number of aliphatic carboxylic acids is 1. The van der Waals surface area contributed by atoms with E-state index >= 15 is 0 Å². The van der Waals surface area contributed by atoms with Gasteiger partial charge >= 0.3 is 5.97 Å². The molecule has 5 N–H and O–H groups in total. The zero-order valence-electron chi connectivity index (χ0n) is 15.7. The minimum atomic E-state index is -1.40. The van der Waals surface area contributed by atoms with E-state index in [1.54, 1.807) is 12.1 Å². The van der Waals surface area contributed by atoms with Crippen LogP contribution in [-0.2, 0) is 4.79 Å². The molecule has 0 bridgehead atoms. The molecular weight excluding hydrogens is 362 g/mol. The molecule has 9 heteroatoms. The Morgan fingerprint density at radius 1 is 1.25 bits per heavy atom. The van der Waals surface area contributed by atoms with Crippen LogP contribution in [0, 0.1) is 0 Å². The number of hydrogen-bond acceptors (Lipinski definition) is 7. The van der Waals surface area contributed by atoms with E-state index in [-0.39, 0.29) is 0 Å². The molecule has 1 atom stereocenters. The molecule has 0 spiro atoms. The molecule has 1 amide bonds. The summed E-state index contributed by atoms with van der Waals surface area (Å²) < 4.78 is 0. The number of nitrogens with one attached hydrogen (secondary N) is 3. The van der Waals surface area contributed by atoms with E-state index in [0.29, 0.717) is 11.6 Å². The zero-order chi connectivity index (χ0) is 19.9. The monoisotopic (exact) mass is 389 g/mol. The molecule has 3 rings (SSSR count). The van der Waals surface area contributed by atoms with Crippen molar-refractivity contribution in [2.45, 2.75) is 38.0 Å². The number of rotatable bonds is 6. The Hall–Kier alpha value is -2.81. The molecule has 0 aliphatic carbocycles. The van der Waals surface area contributed by atoms with Gasteiger partial charge in [-0.05, 0) is 43.5 Å². The molecule has 1 saturated heterocycles. The smallest absolute Gasteiger partial charge is 0.307 e. The lowest BCUT2D eigenvalue weighted by atomic mass is 10.0. The molecule has 0 radical (unpaired) electrons. The van der Waals surface area contributed by atoms with Crippen molar-refractivity contribution < 1.29 is 19.8 Å². The third-order valence-electron chi connectivity index (χ3n) is 4.89. The quantitative estimate of drug-likeness (QED) is 0.437. The largest absolute Gasteiger partial charge is 0.481 e. The first kappa shape index (κ1) is 19.9. The van der Waals surface area contributed by atoms with Gasteiger partial charge in [0.2, 0.25) is 0 Å². The predicted molar refractivity (Wildman–Crippen MR) is 105 cm³/mol. The Balaban J connectivity index is 1.48. The summed E-state index contributed by atoms with van der Waals surface area (Å²) in [7, 11) is 0. The van der Waals surface area contributed by atoms with Gasteiger partial charge < -0.3 is 31.1 Å². The van der Waals surface area contributed by atoms with Gasteiger partial charge in [-0.3, -0.25) is 14.6 Å². The van der Waals surface area contributed by atoms with Crippen molar-refractivity contribution in [2.24, 2.45) is 4.99 Å². The lowest BCUT2D eigenvalue weighted by Gasteiger charge is -2.35. The van der Waals surface area contributed by atoms with Crippen LogP contribution in [0.25, 0.3) is 0 Å². The van der Waals surface area contributed by atoms with Crippen LogP contribution >= 0.6 is 0 Å². The van der Waals surface area contributed by atoms with E-state index < -0.39 is 24.5 Å². The number of carbonyl (C=O) groups excluding carboxylic acids is 1. The van der Waals surface area contributed by atoms with Crippen molar-refractivity contribution in [1.82, 2.24) is 16.0 Å². The van der Waals surface area contributed by atoms with Gasteiger partial charge in [-0.2, -0.15) is 0 Å². The minimum absolute atomic E-state index is 0.381. The van der Waals surface area contributed by atoms with Crippen LogP contribution in [0.5, 0.6) is 0 Å². The fraction of sp³-hybridized carbons (Fsp3) is 0.526. The van der Waals surface area contributed by atoms with E-state index in [0.717, 1.165) is 57.1 Å². The lowest BCUT2D eigenvalue weighted by molar-refractivity contribution is -0.139. The van der Waals surface area contributed by atoms with E-state index in [1.807, 2.05) is 12.1 Å². The summed E-state index contributed by atoms with van der Waals surface area (Å²) in [5.74, 6) is -0.763. The number of guanidine groups is 1. The van der Waals surface area contributed by atoms with E-state index in [1.165, 1.54) is 0 Å². The Labute approximate surface area is 163 Å². The van der Waals surface area contributed by atoms with Crippen molar-refractivity contribution in [3.63, 3.8) is 0 Å². The van der Waals surface area contributed by atoms with Crippen LogP contribution in [0.15, 0.2) is 29.3 Å². The van der Waals surface area contributed by atoms with Crippen molar-refractivity contribution in [1.29, 1.82) is 0 Å². The number of aliphatic hydroxyl groups is 1. The highest BCUT2D eigenvalue weighted by Crippen LogP contribution is 2.20. The molecule has 2 heterocycles. The fourth-order valence-corrected chi connectivity index (χ4v) is 3.38. The Morgan fingerprint density at radius 2 is 1.96 bits per heavy atom. The average Bonchev–Trinajstić information content (AvgIpc) is 2.69. The number of aliphatic imine (C=N–C) groups is 1. The number of hydrogen-bond donors (Lipinski definition) is 5. The van der Waals surface area contributed by atoms with Crippen LogP contribution in [0.2, 0.25) is 0 Å². The van der Waals surface area contributed by atoms with Gasteiger partial charge in [-0.1, -0.05) is 0 Å². The normalized spacial score (nSPS) is 18.6. The van der Waals surface area contributed by atoms with E-state index in [2.05, 4.69) is 25.8 Å². The summed E-state index contributed by atoms with van der Waals surface area (Å²) in [4.78, 5) is 29.3. The molecule has 1 fully saturated rings. The molecule has 2 aliphatic rings. The first-order valence-corrected chi connectivity index (χ1v) is 9.62. The SMILES string of the molecule is O=C(O)CC(O)NC(=O)c1ccc(N2CCC(NC3=NCCCN3)CC2)cc1. The van der Waals surface area contributed by atoms with Gasteiger partial charge in [-0.15, -0.1) is 0 Å². The number of carboxylic acids is 1. The lowest BCUT2D eigenvalue weighted by Crippen LogP contribution is -2.50. The molecule has 0 saturated carbocycles. The topological polar surface area (TPSA) is 126 Å². The summed E-state index contributed by atoms with van der Waals surface area (Å²) in [6.07, 6.45) is 1.15. The minimum Gasteiger partial charge on any atom is -0.481 e. The van der Waals surface area contributed by atoms with Crippen molar-refractivity contribution in [3.8, 4) is 0 Å². The van der Waals surface area contributed by atoms with Crippen LogP contribution in [0.3, 0.4) is 0 Å². The Morgan fingerprint density at radius 3 is 2.57 bits per heavy atom. The van der Waals surface area contributed by atoms with Crippen LogP contribution in [0.4, 0.5) is 5.69 Å². The van der Waals surface area contributed by atoms with Crippen LogP contribution in [-0.4, -0.2) is 66.5 Å². The van der Waals surface area contributed by atoms with Gasteiger partial charge in [0.1, 0.15) is 6.23 Å². The number of amides is 1. The second kappa shape index (κ2) is 9.41. The number of nitrogens with zero attached hydrogens (tertiary/aromatic N) is 2. The van der Waals surface area contributed by atoms with E-state index in [4.69, 9.17) is 5.11 Å². The van der Waals surface area contributed by atoms with Gasteiger partial charge in [0.05, 0.1) is 6.42 Å². The van der Waals surface area contributed by atoms with Gasteiger partial charge in [0.25, 0.3) is 5.91 Å². The molecule has 1 aromatic rings. The summed E-state index contributed by atoms with van der Waals surface area (Å²) in [6.45, 7) is 3.67. The standard InChI is InChI=1S/C19H27N5O4/c25-16(12-17(26)27)23-18(28)13-2-4-15(5-3-13)24-10-6-14(7-11-24)22-19-20-8-1-9-21-19/h2-5,14,16,25H,1,6-12H2,(H,23,28)(H,26,27)(H2,20,21,22). The Kier molecular flexibility index (Phi) is 6.70. The highest BCUT2D eigenvalue weighted by molar-refractivity contribution is 5.94. The number of aliphatic hydroxyl groups excluding tert-OH is 1. The first-order valence-electron chi connectivity index (χ1n) is 9.62. The Bertz CT molecular complexity index is 714. The zero-order valence-corrected chi connectivity index (χ0v) is 15.7. The van der Waals surface area contributed by atoms with Crippen LogP contribution < -0.4 is 20.9 Å². The van der Waals surface area contributed by atoms with Crippen molar-refractivity contribution in [3.05, 3.63) is 29.8 Å². The van der Waals surface area contributed by atoms with E-state index in [9.17, 15) is 14.7 Å². The molecular formula is C19H27N5O4. The van der Waals surface area contributed by atoms with Crippen molar-refractivity contribution >= 4 is 23.5 Å². The third-order valence-corrected chi connectivity index (χ3v) is 4.89. The maximum Gasteiger partial charge on any atom is 0.307 e. The van der Waals surface area contributed by atoms with Crippen molar-refractivity contribution in [2.75, 3.05) is 31.1 Å². The highest BCUT2D eigenvalue weighted by atomic mass is 16.4. The molecule has 152 valence electrons. The summed E-state index contributed by atoms with van der Waals surface area (Å²) in [6, 6.07) is 7.52. The number of carbonyl (C=O) groups is 2. The predicted octanol–water partition coefficient (Wildman–Crippen LogP) is 0.117. The second-order valence-corrected chi connectivity index (χ2v) is 7.05. The molecule has 28 heavy (non-hydrogen) atoms. The second-order valence-electron chi connectivity index (χ2n) is 7.05. The van der Waals surface area contributed by atoms with Gasteiger partial charge in [0.15, 0.2) is 5.96 Å². The summed E-state index contributed by atoms with van der Waals surface area (Å²) in [5.41, 5.74) is 1.42. The third kappa shape index (κ3) is 5.59. The summed E-state index contributed by atoms with van der Waals surface area (Å²) >= 11 is 0. The number of carboxylic acid groups (broad SMARTS) is 1. The fourth-order valence-electron chi connectivity index (χ4n) is 3.38. The maximum atomic E-state index is 12.1. The molecule has 1 unspecified atom stereocenters. The summed E-state index contributed by atoms with van der Waals surface area (Å²) in [5, 5.41) is 27.2.